The molecule has 25 heavy (non-hydrogen) atoms. The average Bonchev–Trinajstić information content (AvgIpc) is 2.94. The number of aromatic nitrogens is 2. The Labute approximate surface area is 149 Å². The first-order valence-corrected chi connectivity index (χ1v) is 8.52. The van der Waals surface area contributed by atoms with Crippen LogP contribution in [-0.4, -0.2) is 34.1 Å². The van der Waals surface area contributed by atoms with Gasteiger partial charge in [-0.1, -0.05) is 0 Å². The molecule has 0 aliphatic rings. The zero-order valence-corrected chi connectivity index (χ0v) is 15.8. The van der Waals surface area contributed by atoms with Gasteiger partial charge < -0.3 is 26.5 Å². The van der Waals surface area contributed by atoms with Crippen molar-refractivity contribution < 1.29 is 14.3 Å². The molecule has 0 radical (unpaired) electrons. The number of hydrogen-bond donors (Lipinski definition) is 4. The van der Waals surface area contributed by atoms with Gasteiger partial charge in [0, 0.05) is 11.9 Å². The minimum atomic E-state index is -0.876. The molecule has 142 valence electrons. The van der Waals surface area contributed by atoms with Crippen molar-refractivity contribution in [3.8, 4) is 0 Å². The Hall–Kier alpha value is -2.09. The Kier molecular flexibility index (Phi) is 6.98. The molecule has 0 aromatic carbocycles. The van der Waals surface area contributed by atoms with Crippen molar-refractivity contribution in [2.45, 2.75) is 70.9 Å². The molecule has 2 amide bonds. The van der Waals surface area contributed by atoms with E-state index in [-0.39, 0.29) is 6.04 Å². The fourth-order valence-corrected chi connectivity index (χ4v) is 2.18. The zero-order chi connectivity index (χ0) is 19.3. The number of nitrogens with zero attached hydrogens (tertiary/aromatic N) is 1. The Morgan fingerprint density at radius 3 is 2.44 bits per heavy atom. The Balaban J connectivity index is 2.94. The maximum Gasteiger partial charge on any atom is 0.408 e. The number of alkyl carbamates (subject to hydrolysis) is 1. The van der Waals surface area contributed by atoms with Crippen molar-refractivity contribution in [2.75, 3.05) is 6.54 Å². The second-order valence-electron chi connectivity index (χ2n) is 7.65. The number of H-pyrrole nitrogens is 1. The molecular weight excluding hydrogens is 322 g/mol. The van der Waals surface area contributed by atoms with E-state index in [1.54, 1.807) is 40.8 Å². The monoisotopic (exact) mass is 353 g/mol. The Bertz CT molecular complexity index is 589. The molecule has 1 aromatic rings. The molecule has 1 heterocycles. The summed E-state index contributed by atoms with van der Waals surface area (Å²) in [5, 5.41) is 2.83. The summed E-state index contributed by atoms with van der Waals surface area (Å²) in [6.45, 7) is 9.43. The van der Waals surface area contributed by atoms with Crippen LogP contribution in [0, 0.1) is 0 Å². The van der Waals surface area contributed by atoms with E-state index in [1.165, 1.54) is 0 Å². The predicted octanol–water partition coefficient (Wildman–Crippen LogP) is 1.87. The third-order valence-electron chi connectivity index (χ3n) is 3.85. The fraction of sp³-hybridized carbons (Fsp3) is 0.706. The van der Waals surface area contributed by atoms with E-state index < -0.39 is 23.0 Å². The van der Waals surface area contributed by atoms with Crippen LogP contribution in [-0.2, 0) is 14.9 Å². The molecule has 0 saturated heterocycles. The quantitative estimate of drug-likeness (QED) is 0.529. The van der Waals surface area contributed by atoms with Gasteiger partial charge in [-0.2, -0.15) is 0 Å². The molecule has 0 fully saturated rings. The van der Waals surface area contributed by atoms with Crippen LogP contribution in [0.15, 0.2) is 6.20 Å². The summed E-state index contributed by atoms with van der Waals surface area (Å²) in [6, 6.07) is -0.362. The summed E-state index contributed by atoms with van der Waals surface area (Å²) in [5.41, 5.74) is 10.1. The summed E-state index contributed by atoms with van der Waals surface area (Å²) in [7, 11) is 0. The van der Waals surface area contributed by atoms with Gasteiger partial charge in [-0.15, -0.1) is 0 Å². The number of rotatable bonds is 8. The van der Waals surface area contributed by atoms with E-state index >= 15 is 0 Å². The molecule has 0 spiro atoms. The van der Waals surface area contributed by atoms with Crippen molar-refractivity contribution in [3.05, 3.63) is 17.7 Å². The lowest BCUT2D eigenvalue weighted by Gasteiger charge is -2.23. The number of carbonyl (C=O) groups excluding carboxylic acids is 2. The lowest BCUT2D eigenvalue weighted by molar-refractivity contribution is -0.122. The number of primary amides is 1. The first kappa shape index (κ1) is 21.0. The number of carbonyl (C=O) groups is 2. The van der Waals surface area contributed by atoms with Crippen LogP contribution in [0.25, 0.3) is 0 Å². The summed E-state index contributed by atoms with van der Waals surface area (Å²) >= 11 is 0. The lowest BCUT2D eigenvalue weighted by atomic mass is 9.89. The molecule has 0 aliphatic carbocycles. The Morgan fingerprint density at radius 2 is 1.92 bits per heavy atom. The van der Waals surface area contributed by atoms with Gasteiger partial charge in [0.25, 0.3) is 0 Å². The number of ether oxygens (including phenoxy) is 1. The van der Waals surface area contributed by atoms with Gasteiger partial charge in [0.15, 0.2) is 0 Å². The third-order valence-corrected chi connectivity index (χ3v) is 3.85. The van der Waals surface area contributed by atoms with Crippen LogP contribution >= 0.6 is 0 Å². The largest absolute Gasteiger partial charge is 0.444 e. The van der Waals surface area contributed by atoms with Crippen molar-refractivity contribution in [3.63, 3.8) is 0 Å². The third kappa shape index (κ3) is 6.38. The van der Waals surface area contributed by atoms with Crippen LogP contribution in [0.2, 0.25) is 0 Å². The smallest absolute Gasteiger partial charge is 0.408 e. The van der Waals surface area contributed by atoms with Crippen LogP contribution in [0.3, 0.4) is 0 Å². The molecular formula is C17H31N5O3. The molecule has 0 aliphatic heterocycles. The number of nitrogens with two attached hydrogens (primary N) is 2. The molecule has 0 saturated carbocycles. The lowest BCUT2D eigenvalue weighted by Crippen LogP contribution is -2.36. The molecule has 0 bridgehead atoms. The molecule has 8 heteroatoms. The average molecular weight is 353 g/mol. The van der Waals surface area contributed by atoms with Crippen molar-refractivity contribution in [1.29, 1.82) is 0 Å². The van der Waals surface area contributed by atoms with Gasteiger partial charge in [0.2, 0.25) is 5.91 Å². The molecule has 0 unspecified atom stereocenters. The van der Waals surface area contributed by atoms with Gasteiger partial charge in [-0.25, -0.2) is 9.78 Å². The number of aromatic amines is 1. The van der Waals surface area contributed by atoms with E-state index in [1.807, 2.05) is 0 Å². The van der Waals surface area contributed by atoms with Gasteiger partial charge in [0.1, 0.15) is 11.4 Å². The minimum Gasteiger partial charge on any atom is -0.444 e. The summed E-state index contributed by atoms with van der Waals surface area (Å²) in [5.74, 6) is 0.106. The van der Waals surface area contributed by atoms with Crippen LogP contribution < -0.4 is 16.8 Å². The highest BCUT2D eigenvalue weighted by atomic mass is 16.6. The number of amides is 2. The van der Waals surface area contributed by atoms with Gasteiger partial charge in [-0.3, -0.25) is 4.79 Å². The highest BCUT2D eigenvalue weighted by Crippen LogP contribution is 2.24. The van der Waals surface area contributed by atoms with E-state index in [0.717, 1.165) is 12.8 Å². The number of imidazole rings is 1. The molecule has 1 rings (SSSR count). The van der Waals surface area contributed by atoms with Crippen LogP contribution in [0.4, 0.5) is 4.79 Å². The normalized spacial score (nSPS) is 13.4. The minimum absolute atomic E-state index is 0.362. The number of hydrogen-bond acceptors (Lipinski definition) is 5. The fourth-order valence-electron chi connectivity index (χ4n) is 2.18. The predicted molar refractivity (Wildman–Crippen MR) is 95.8 cm³/mol. The van der Waals surface area contributed by atoms with Gasteiger partial charge in [-0.05, 0) is 60.4 Å². The number of unbranched alkanes of at least 4 members (excludes halogenated alkanes) is 1. The van der Waals surface area contributed by atoms with Gasteiger partial charge in [0.05, 0.1) is 11.5 Å². The van der Waals surface area contributed by atoms with E-state index in [0.29, 0.717) is 24.5 Å². The highest BCUT2D eigenvalue weighted by molar-refractivity contribution is 5.85. The summed E-state index contributed by atoms with van der Waals surface area (Å²) in [4.78, 5) is 31.2. The Morgan fingerprint density at radius 1 is 1.28 bits per heavy atom. The zero-order valence-electron chi connectivity index (χ0n) is 15.8. The van der Waals surface area contributed by atoms with E-state index in [9.17, 15) is 9.59 Å². The van der Waals surface area contributed by atoms with Gasteiger partial charge >= 0.3 is 6.09 Å². The second-order valence-corrected chi connectivity index (χ2v) is 7.65. The molecule has 1 atom stereocenters. The SMILES string of the molecule is CC(C)(C)OC(=O)N[C@@H](CCCCN)c1ncc(C(C)(C)C(N)=O)[nH]1. The maximum absolute atomic E-state index is 12.1. The number of nitrogens with one attached hydrogen (secondary N) is 2. The first-order chi connectivity index (χ1) is 11.5. The highest BCUT2D eigenvalue weighted by Gasteiger charge is 2.31. The molecule has 1 aromatic heterocycles. The molecule has 6 N–H and O–H groups in total. The van der Waals surface area contributed by atoms with Crippen molar-refractivity contribution in [2.24, 2.45) is 11.5 Å². The second kappa shape index (κ2) is 8.33. The molecule has 8 nitrogen and oxygen atoms in total. The van der Waals surface area contributed by atoms with Crippen LogP contribution in [0.1, 0.15) is 71.4 Å². The van der Waals surface area contributed by atoms with Crippen molar-refractivity contribution >= 4 is 12.0 Å². The summed E-state index contributed by atoms with van der Waals surface area (Å²) < 4.78 is 5.32. The van der Waals surface area contributed by atoms with E-state index in [2.05, 4.69) is 15.3 Å². The topological polar surface area (TPSA) is 136 Å². The van der Waals surface area contributed by atoms with Crippen LogP contribution in [0.5, 0.6) is 0 Å². The van der Waals surface area contributed by atoms with Crippen molar-refractivity contribution in [1.82, 2.24) is 15.3 Å². The first-order valence-electron chi connectivity index (χ1n) is 8.52. The maximum atomic E-state index is 12.1. The summed E-state index contributed by atoms with van der Waals surface area (Å²) in [6.07, 6.45) is 3.38. The standard InChI is InChI=1S/C17H31N5O3/c1-16(2,3)25-15(24)21-11(8-6-7-9-18)13-20-10-12(22-13)17(4,5)14(19)23/h10-11H,6-9,18H2,1-5H3,(H2,19,23)(H,20,22)(H,21,24)/t11-/m0/s1. The van der Waals surface area contributed by atoms with E-state index in [4.69, 9.17) is 16.2 Å².